The minimum absolute atomic E-state index is 0.0211. The van der Waals surface area contributed by atoms with Crippen molar-refractivity contribution in [2.24, 2.45) is 0 Å². The zero-order valence-corrected chi connectivity index (χ0v) is 15.4. The number of nitrogens with zero attached hydrogens (tertiary/aromatic N) is 1. The SMILES string of the molecule is Cc1ccc(C(=O)CCC(=O)OCC(=O)Nc2cc(Cl)ccc2C#N)s1. The highest BCUT2D eigenvalue weighted by atomic mass is 35.5. The van der Waals surface area contributed by atoms with Crippen LogP contribution in [0.15, 0.2) is 30.3 Å². The van der Waals surface area contributed by atoms with Crippen LogP contribution in [0.25, 0.3) is 0 Å². The molecule has 1 heterocycles. The van der Waals surface area contributed by atoms with E-state index in [1.165, 1.54) is 29.5 Å². The van der Waals surface area contributed by atoms with E-state index in [1.807, 2.05) is 19.1 Å². The Labute approximate surface area is 159 Å². The molecule has 2 rings (SSSR count). The molecule has 0 bridgehead atoms. The molecule has 1 aromatic heterocycles. The normalized spacial score (nSPS) is 10.0. The maximum atomic E-state index is 11.9. The third kappa shape index (κ3) is 5.69. The average molecular weight is 391 g/mol. The molecule has 1 aromatic carbocycles. The maximum Gasteiger partial charge on any atom is 0.306 e. The zero-order chi connectivity index (χ0) is 19.1. The molecule has 0 unspecified atom stereocenters. The van der Waals surface area contributed by atoms with Gasteiger partial charge in [-0.1, -0.05) is 11.6 Å². The Balaban J connectivity index is 1.78. The van der Waals surface area contributed by atoms with E-state index >= 15 is 0 Å². The number of aryl methyl sites for hydroxylation is 1. The highest BCUT2D eigenvalue weighted by Gasteiger charge is 2.14. The van der Waals surface area contributed by atoms with Gasteiger partial charge in [0.05, 0.1) is 22.5 Å². The number of ketones is 1. The number of carbonyl (C=O) groups is 3. The fourth-order valence-electron chi connectivity index (χ4n) is 2.05. The quantitative estimate of drug-likeness (QED) is 0.574. The second-order valence-electron chi connectivity index (χ2n) is 5.34. The third-order valence-corrected chi connectivity index (χ3v) is 4.59. The van der Waals surface area contributed by atoms with Crippen LogP contribution >= 0.6 is 22.9 Å². The van der Waals surface area contributed by atoms with E-state index in [-0.39, 0.29) is 29.9 Å². The van der Waals surface area contributed by atoms with Gasteiger partial charge in [-0.15, -0.1) is 11.3 Å². The summed E-state index contributed by atoms with van der Waals surface area (Å²) in [5, 5.41) is 11.8. The van der Waals surface area contributed by atoms with Gasteiger partial charge < -0.3 is 10.1 Å². The lowest BCUT2D eigenvalue weighted by molar-refractivity contribution is -0.147. The number of esters is 1. The largest absolute Gasteiger partial charge is 0.456 e. The van der Waals surface area contributed by atoms with Gasteiger partial charge in [-0.25, -0.2) is 0 Å². The van der Waals surface area contributed by atoms with Gasteiger partial charge in [-0.05, 0) is 37.3 Å². The summed E-state index contributed by atoms with van der Waals surface area (Å²) in [5.74, 6) is -1.38. The second-order valence-corrected chi connectivity index (χ2v) is 7.07. The van der Waals surface area contributed by atoms with Gasteiger partial charge >= 0.3 is 5.97 Å². The number of amides is 1. The molecule has 0 saturated heterocycles. The van der Waals surface area contributed by atoms with Crippen molar-refractivity contribution in [3.8, 4) is 6.07 Å². The predicted molar refractivity (Wildman–Crippen MR) is 98.4 cm³/mol. The smallest absolute Gasteiger partial charge is 0.306 e. The Hall–Kier alpha value is -2.69. The number of rotatable bonds is 7. The maximum absolute atomic E-state index is 11.9. The van der Waals surface area contributed by atoms with Crippen LogP contribution in [0.1, 0.15) is 33.0 Å². The Bertz CT molecular complexity index is 886. The van der Waals surface area contributed by atoms with Gasteiger partial charge in [-0.3, -0.25) is 14.4 Å². The number of hydrogen-bond donors (Lipinski definition) is 1. The molecule has 0 aliphatic carbocycles. The van der Waals surface area contributed by atoms with Crippen molar-refractivity contribution < 1.29 is 19.1 Å². The van der Waals surface area contributed by atoms with Crippen LogP contribution < -0.4 is 5.32 Å². The van der Waals surface area contributed by atoms with E-state index in [2.05, 4.69) is 5.32 Å². The molecular weight excluding hydrogens is 376 g/mol. The van der Waals surface area contributed by atoms with Crippen LogP contribution in [0, 0.1) is 18.3 Å². The summed E-state index contributed by atoms with van der Waals surface area (Å²) in [6.45, 7) is 1.38. The molecule has 8 heteroatoms. The van der Waals surface area contributed by atoms with Gasteiger partial charge in [0.2, 0.25) is 0 Å². The van der Waals surface area contributed by atoms with Crippen LogP contribution in [0.5, 0.6) is 0 Å². The van der Waals surface area contributed by atoms with Crippen molar-refractivity contribution >= 4 is 46.3 Å². The van der Waals surface area contributed by atoms with E-state index in [0.29, 0.717) is 9.90 Å². The van der Waals surface area contributed by atoms with Crippen molar-refractivity contribution in [3.63, 3.8) is 0 Å². The highest BCUT2D eigenvalue weighted by molar-refractivity contribution is 7.14. The second kappa shape index (κ2) is 9.13. The number of nitrogens with one attached hydrogen (secondary N) is 1. The van der Waals surface area contributed by atoms with Crippen LogP contribution in [-0.2, 0) is 14.3 Å². The molecule has 0 aliphatic rings. The Morgan fingerprint density at radius 2 is 2.00 bits per heavy atom. The molecule has 0 fully saturated rings. The molecule has 0 saturated carbocycles. The summed E-state index contributed by atoms with van der Waals surface area (Å²) in [6.07, 6.45) is -0.0864. The summed E-state index contributed by atoms with van der Waals surface area (Å²) < 4.78 is 4.86. The highest BCUT2D eigenvalue weighted by Crippen LogP contribution is 2.20. The number of ether oxygens (including phenoxy) is 1. The minimum atomic E-state index is -0.645. The fourth-order valence-corrected chi connectivity index (χ4v) is 3.05. The third-order valence-electron chi connectivity index (χ3n) is 3.31. The molecule has 1 amide bonds. The van der Waals surface area contributed by atoms with Crippen molar-refractivity contribution in [1.82, 2.24) is 0 Å². The lowest BCUT2D eigenvalue weighted by atomic mass is 10.2. The molecule has 0 spiro atoms. The van der Waals surface area contributed by atoms with E-state index in [9.17, 15) is 14.4 Å². The fraction of sp³-hybridized carbons (Fsp3) is 0.222. The Kier molecular flexibility index (Phi) is 6.89. The summed E-state index contributed by atoms with van der Waals surface area (Å²) in [7, 11) is 0. The Morgan fingerprint density at radius 3 is 2.65 bits per heavy atom. The lowest BCUT2D eigenvalue weighted by Gasteiger charge is -2.08. The number of halogens is 1. The number of Topliss-reactive ketones (excluding diaryl/α,β-unsaturated/α-hetero) is 1. The molecule has 0 atom stereocenters. The summed E-state index contributed by atoms with van der Waals surface area (Å²) in [5.41, 5.74) is 0.482. The molecule has 134 valence electrons. The van der Waals surface area contributed by atoms with Crippen LogP contribution in [0.4, 0.5) is 5.69 Å². The molecular formula is C18H15ClN2O4S. The molecule has 0 aliphatic heterocycles. The molecule has 1 N–H and O–H groups in total. The summed E-state index contributed by atoms with van der Waals surface area (Å²) in [6, 6.07) is 9.92. The van der Waals surface area contributed by atoms with Gasteiger partial charge in [0.1, 0.15) is 6.07 Å². The first-order valence-corrected chi connectivity index (χ1v) is 8.83. The number of carbonyl (C=O) groups excluding carboxylic acids is 3. The van der Waals surface area contributed by atoms with Gasteiger partial charge in [0.15, 0.2) is 12.4 Å². The van der Waals surface area contributed by atoms with Crippen molar-refractivity contribution in [2.45, 2.75) is 19.8 Å². The average Bonchev–Trinajstić information content (AvgIpc) is 3.04. The Morgan fingerprint density at radius 1 is 1.23 bits per heavy atom. The number of anilines is 1. The lowest BCUT2D eigenvalue weighted by Crippen LogP contribution is -2.21. The van der Waals surface area contributed by atoms with Gasteiger partial charge in [-0.2, -0.15) is 5.26 Å². The first-order valence-electron chi connectivity index (χ1n) is 7.64. The first-order chi connectivity index (χ1) is 12.4. The summed E-state index contributed by atoms with van der Waals surface area (Å²) >= 11 is 7.20. The van der Waals surface area contributed by atoms with Crippen LogP contribution in [-0.4, -0.2) is 24.3 Å². The van der Waals surface area contributed by atoms with Crippen molar-refractivity contribution in [3.05, 3.63) is 50.7 Å². The number of nitriles is 1. The van der Waals surface area contributed by atoms with Gasteiger partial charge in [0, 0.05) is 16.3 Å². The molecule has 6 nitrogen and oxygen atoms in total. The minimum Gasteiger partial charge on any atom is -0.456 e. The van der Waals surface area contributed by atoms with E-state index in [4.69, 9.17) is 21.6 Å². The summed E-state index contributed by atoms with van der Waals surface area (Å²) in [4.78, 5) is 37.1. The van der Waals surface area contributed by atoms with Crippen LogP contribution in [0.2, 0.25) is 5.02 Å². The van der Waals surface area contributed by atoms with Crippen LogP contribution in [0.3, 0.4) is 0 Å². The topological polar surface area (TPSA) is 96.3 Å². The predicted octanol–water partition coefficient (Wildman–Crippen LogP) is 3.73. The number of benzene rings is 1. The van der Waals surface area contributed by atoms with Crippen molar-refractivity contribution in [2.75, 3.05) is 11.9 Å². The van der Waals surface area contributed by atoms with E-state index in [0.717, 1.165) is 4.88 Å². The molecule has 0 radical (unpaired) electrons. The first kappa shape index (κ1) is 19.6. The molecule has 26 heavy (non-hydrogen) atoms. The van der Waals surface area contributed by atoms with Crippen molar-refractivity contribution in [1.29, 1.82) is 5.26 Å². The van der Waals surface area contributed by atoms with E-state index in [1.54, 1.807) is 6.07 Å². The number of thiophene rings is 1. The standard InChI is InChI=1S/C18H15ClN2O4S/c1-11-2-6-16(26-11)15(22)5-7-18(24)25-10-17(23)21-14-8-13(19)4-3-12(14)9-20/h2-4,6,8H,5,7,10H2,1H3,(H,21,23). The molecule has 2 aromatic rings. The van der Waals surface area contributed by atoms with Gasteiger partial charge in [0.25, 0.3) is 5.91 Å². The zero-order valence-electron chi connectivity index (χ0n) is 13.9. The number of hydrogen-bond acceptors (Lipinski definition) is 6. The van der Waals surface area contributed by atoms with E-state index < -0.39 is 18.5 Å². The monoisotopic (exact) mass is 390 g/mol.